The molecule has 1 aliphatic heterocycles. The maximum absolute atomic E-state index is 12.3. The summed E-state index contributed by atoms with van der Waals surface area (Å²) < 4.78 is 2.07. The van der Waals surface area contributed by atoms with Crippen LogP contribution in [-0.4, -0.2) is 45.4 Å². The van der Waals surface area contributed by atoms with Gasteiger partial charge in [0.05, 0.1) is 12.2 Å². The number of imidazole rings is 1. The average Bonchev–Trinajstić information content (AvgIpc) is 2.87. The van der Waals surface area contributed by atoms with Gasteiger partial charge in [0.1, 0.15) is 0 Å². The SMILES string of the molecule is CC(C)N1C[C@H](C(=O)NCC2(Cn3ccnc3)CC2)CC1=O. The minimum Gasteiger partial charge on any atom is -0.355 e. The number of nitrogens with one attached hydrogen (secondary N) is 1. The van der Waals surface area contributed by atoms with Gasteiger partial charge in [0, 0.05) is 49.9 Å². The predicted molar refractivity (Wildman–Crippen MR) is 81.9 cm³/mol. The average molecular weight is 304 g/mol. The van der Waals surface area contributed by atoms with Gasteiger partial charge in [-0.1, -0.05) is 0 Å². The molecule has 0 radical (unpaired) electrons. The molecule has 0 spiro atoms. The molecule has 6 nitrogen and oxygen atoms in total. The zero-order valence-corrected chi connectivity index (χ0v) is 13.3. The lowest BCUT2D eigenvalue weighted by atomic mass is 10.1. The van der Waals surface area contributed by atoms with Gasteiger partial charge < -0.3 is 14.8 Å². The Morgan fingerprint density at radius 1 is 1.50 bits per heavy atom. The molecular formula is C16H24N4O2. The largest absolute Gasteiger partial charge is 0.355 e. The minimum atomic E-state index is -0.195. The third-order valence-corrected chi connectivity index (χ3v) is 4.82. The molecule has 1 saturated carbocycles. The van der Waals surface area contributed by atoms with Crippen molar-refractivity contribution < 1.29 is 9.59 Å². The van der Waals surface area contributed by atoms with E-state index >= 15 is 0 Å². The van der Waals surface area contributed by atoms with E-state index in [1.165, 1.54) is 0 Å². The third kappa shape index (κ3) is 3.15. The zero-order chi connectivity index (χ0) is 15.7. The molecule has 1 atom stereocenters. The van der Waals surface area contributed by atoms with Gasteiger partial charge in [0.25, 0.3) is 0 Å². The second-order valence-corrected chi connectivity index (χ2v) is 6.99. The lowest BCUT2D eigenvalue weighted by Gasteiger charge is -2.21. The van der Waals surface area contributed by atoms with E-state index in [9.17, 15) is 9.59 Å². The highest BCUT2D eigenvalue weighted by molar-refractivity contribution is 5.89. The molecule has 2 fully saturated rings. The summed E-state index contributed by atoms with van der Waals surface area (Å²) in [5, 5.41) is 3.07. The lowest BCUT2D eigenvalue weighted by Crippen LogP contribution is -2.38. The highest BCUT2D eigenvalue weighted by Gasteiger charge is 2.44. The van der Waals surface area contributed by atoms with E-state index in [0.717, 1.165) is 19.4 Å². The van der Waals surface area contributed by atoms with Crippen LogP contribution in [0.4, 0.5) is 0 Å². The molecule has 1 N–H and O–H groups in total. The third-order valence-electron chi connectivity index (χ3n) is 4.82. The maximum atomic E-state index is 12.3. The number of nitrogens with zero attached hydrogens (tertiary/aromatic N) is 3. The molecule has 1 aromatic rings. The van der Waals surface area contributed by atoms with Gasteiger partial charge in [0.15, 0.2) is 0 Å². The Kier molecular flexibility index (Phi) is 3.93. The van der Waals surface area contributed by atoms with Crippen molar-refractivity contribution >= 4 is 11.8 Å². The number of hydrogen-bond acceptors (Lipinski definition) is 3. The van der Waals surface area contributed by atoms with Crippen molar-refractivity contribution in [3.63, 3.8) is 0 Å². The summed E-state index contributed by atoms with van der Waals surface area (Å²) in [7, 11) is 0. The van der Waals surface area contributed by atoms with E-state index in [2.05, 4.69) is 14.9 Å². The molecule has 2 aliphatic rings. The van der Waals surface area contributed by atoms with Gasteiger partial charge in [-0.3, -0.25) is 9.59 Å². The van der Waals surface area contributed by atoms with E-state index in [-0.39, 0.29) is 29.2 Å². The number of rotatable bonds is 6. The summed E-state index contributed by atoms with van der Waals surface area (Å²) in [5.74, 6) is -0.0814. The second-order valence-electron chi connectivity index (χ2n) is 6.99. The zero-order valence-electron chi connectivity index (χ0n) is 13.3. The minimum absolute atomic E-state index is 0.0217. The quantitative estimate of drug-likeness (QED) is 0.854. The summed E-state index contributed by atoms with van der Waals surface area (Å²) >= 11 is 0. The van der Waals surface area contributed by atoms with Crippen molar-refractivity contribution in [3.05, 3.63) is 18.7 Å². The number of carbonyl (C=O) groups excluding carboxylic acids is 2. The highest BCUT2D eigenvalue weighted by Crippen LogP contribution is 2.46. The highest BCUT2D eigenvalue weighted by atomic mass is 16.2. The number of amides is 2. The van der Waals surface area contributed by atoms with Gasteiger partial charge in [-0.2, -0.15) is 0 Å². The fourth-order valence-corrected chi connectivity index (χ4v) is 3.16. The molecule has 2 heterocycles. The van der Waals surface area contributed by atoms with Crippen LogP contribution in [0.2, 0.25) is 0 Å². The van der Waals surface area contributed by atoms with Crippen LogP contribution in [0.15, 0.2) is 18.7 Å². The number of hydrogen-bond donors (Lipinski definition) is 1. The first kappa shape index (κ1) is 15.1. The first-order valence-corrected chi connectivity index (χ1v) is 8.02. The molecule has 6 heteroatoms. The summed E-state index contributed by atoms with van der Waals surface area (Å²) in [4.78, 5) is 30.1. The molecule has 1 aromatic heterocycles. The van der Waals surface area contributed by atoms with E-state index in [4.69, 9.17) is 0 Å². The first-order chi connectivity index (χ1) is 10.5. The van der Waals surface area contributed by atoms with E-state index in [0.29, 0.717) is 19.5 Å². The molecule has 1 saturated heterocycles. The van der Waals surface area contributed by atoms with Crippen molar-refractivity contribution in [1.29, 1.82) is 0 Å². The predicted octanol–water partition coefficient (Wildman–Crippen LogP) is 1.04. The van der Waals surface area contributed by atoms with Crippen molar-refractivity contribution in [2.45, 2.75) is 45.7 Å². The van der Waals surface area contributed by atoms with Crippen molar-refractivity contribution in [2.75, 3.05) is 13.1 Å². The van der Waals surface area contributed by atoms with Crippen LogP contribution in [0.3, 0.4) is 0 Å². The Morgan fingerprint density at radius 2 is 2.27 bits per heavy atom. The smallest absolute Gasteiger partial charge is 0.225 e. The molecule has 0 bridgehead atoms. The number of carbonyl (C=O) groups is 2. The molecule has 0 unspecified atom stereocenters. The molecule has 120 valence electrons. The number of aromatic nitrogens is 2. The first-order valence-electron chi connectivity index (χ1n) is 8.02. The lowest BCUT2D eigenvalue weighted by molar-refractivity contribution is -0.130. The molecule has 22 heavy (non-hydrogen) atoms. The van der Waals surface area contributed by atoms with Crippen molar-refractivity contribution in [3.8, 4) is 0 Å². The summed E-state index contributed by atoms with van der Waals surface area (Å²) in [5.41, 5.74) is 0.177. The summed E-state index contributed by atoms with van der Waals surface area (Å²) in [6.07, 6.45) is 8.16. The Labute approximate surface area is 130 Å². The van der Waals surface area contributed by atoms with Gasteiger partial charge in [-0.25, -0.2) is 4.98 Å². The molecular weight excluding hydrogens is 280 g/mol. The van der Waals surface area contributed by atoms with Crippen LogP contribution in [0, 0.1) is 11.3 Å². The van der Waals surface area contributed by atoms with Crippen molar-refractivity contribution in [2.24, 2.45) is 11.3 Å². The Bertz CT molecular complexity index is 549. The molecule has 0 aromatic carbocycles. The Hall–Kier alpha value is -1.85. The van der Waals surface area contributed by atoms with E-state index in [1.807, 2.05) is 26.4 Å². The maximum Gasteiger partial charge on any atom is 0.225 e. The van der Waals surface area contributed by atoms with Crippen LogP contribution in [0.1, 0.15) is 33.1 Å². The normalized spacial score (nSPS) is 23.1. The van der Waals surface area contributed by atoms with E-state index in [1.54, 1.807) is 11.1 Å². The molecule has 3 rings (SSSR count). The Morgan fingerprint density at radius 3 is 2.82 bits per heavy atom. The van der Waals surface area contributed by atoms with Crippen LogP contribution in [-0.2, 0) is 16.1 Å². The van der Waals surface area contributed by atoms with Crippen LogP contribution >= 0.6 is 0 Å². The fraction of sp³-hybridized carbons (Fsp3) is 0.688. The summed E-state index contributed by atoms with van der Waals surface area (Å²) in [6, 6.07) is 0.168. The van der Waals surface area contributed by atoms with Crippen molar-refractivity contribution in [1.82, 2.24) is 19.8 Å². The standard InChI is InChI=1S/C16H24N4O2/c1-12(2)20-8-13(7-14(20)21)15(22)18-9-16(3-4-16)10-19-6-5-17-11-19/h5-6,11-13H,3-4,7-10H2,1-2H3,(H,18,22)/t13-/m1/s1. The van der Waals surface area contributed by atoms with Crippen LogP contribution in [0.25, 0.3) is 0 Å². The topological polar surface area (TPSA) is 67.2 Å². The number of likely N-dealkylation sites (tertiary alicyclic amines) is 1. The summed E-state index contributed by atoms with van der Waals surface area (Å²) in [6.45, 7) is 6.12. The van der Waals surface area contributed by atoms with E-state index < -0.39 is 0 Å². The van der Waals surface area contributed by atoms with Gasteiger partial charge in [0.2, 0.25) is 11.8 Å². The van der Waals surface area contributed by atoms with Gasteiger partial charge in [-0.15, -0.1) is 0 Å². The van der Waals surface area contributed by atoms with Crippen LogP contribution < -0.4 is 5.32 Å². The molecule has 1 aliphatic carbocycles. The van der Waals surface area contributed by atoms with Gasteiger partial charge >= 0.3 is 0 Å². The Balaban J connectivity index is 1.50. The monoisotopic (exact) mass is 304 g/mol. The second kappa shape index (κ2) is 5.74. The van der Waals surface area contributed by atoms with Crippen LogP contribution in [0.5, 0.6) is 0 Å². The fourth-order valence-electron chi connectivity index (χ4n) is 3.16. The van der Waals surface area contributed by atoms with Gasteiger partial charge in [-0.05, 0) is 26.7 Å². The molecule has 2 amide bonds.